The van der Waals surface area contributed by atoms with E-state index in [0.29, 0.717) is 17.8 Å². The molecule has 26 heavy (non-hydrogen) atoms. The summed E-state index contributed by atoms with van der Waals surface area (Å²) in [5.74, 6) is -2.69. The van der Waals surface area contributed by atoms with Gasteiger partial charge in [0.25, 0.3) is 0 Å². The van der Waals surface area contributed by atoms with Crippen LogP contribution in [0.5, 0.6) is 5.75 Å². The summed E-state index contributed by atoms with van der Waals surface area (Å²) >= 11 is 0. The molecule has 0 N–H and O–H groups in total. The average Bonchev–Trinajstić information content (AvgIpc) is 3.23. The number of carbonyl (C=O) groups is 1. The lowest BCUT2D eigenvalue weighted by Crippen LogP contribution is -2.51. The highest BCUT2D eigenvalue weighted by atomic mass is 19.4. The number of alkyl halides is 3. The fraction of sp³-hybridized carbons (Fsp3) is 0.438. The van der Waals surface area contributed by atoms with E-state index in [2.05, 4.69) is 10.1 Å². The minimum absolute atomic E-state index is 0.0945. The van der Waals surface area contributed by atoms with Crippen LogP contribution in [0.25, 0.3) is 0 Å². The summed E-state index contributed by atoms with van der Waals surface area (Å²) in [5.41, 5.74) is 1.09. The Kier molecular flexibility index (Phi) is 4.97. The number of carbonyl (C=O) groups excluding carboxylic acids is 1. The minimum atomic E-state index is -4.70. The van der Waals surface area contributed by atoms with Crippen molar-refractivity contribution in [1.82, 2.24) is 14.8 Å². The Morgan fingerprint density at radius 3 is 2.58 bits per heavy atom. The molecule has 1 aliphatic rings. The molecule has 0 radical (unpaired) electrons. The van der Waals surface area contributed by atoms with E-state index < -0.39 is 18.6 Å². The van der Waals surface area contributed by atoms with Gasteiger partial charge in [-0.25, -0.2) is 0 Å². The molecule has 0 saturated carbocycles. The quantitative estimate of drug-likeness (QED) is 0.725. The number of aromatic nitrogens is 3. The van der Waals surface area contributed by atoms with Gasteiger partial charge in [0.05, 0.1) is 43.4 Å². The zero-order chi connectivity index (χ0) is 18.8. The molecule has 1 aliphatic heterocycles. The van der Waals surface area contributed by atoms with Crippen molar-refractivity contribution in [2.75, 3.05) is 19.8 Å². The van der Waals surface area contributed by atoms with Crippen LogP contribution in [0, 0.1) is 0 Å². The predicted octanol–water partition coefficient (Wildman–Crippen LogP) is 2.21. The second-order valence-electron chi connectivity index (χ2n) is 5.70. The van der Waals surface area contributed by atoms with E-state index in [4.69, 9.17) is 14.2 Å². The summed E-state index contributed by atoms with van der Waals surface area (Å²) < 4.78 is 55.5. The van der Waals surface area contributed by atoms with Gasteiger partial charge in [-0.1, -0.05) is 0 Å². The van der Waals surface area contributed by atoms with Gasteiger partial charge in [-0.05, 0) is 19.1 Å². The van der Waals surface area contributed by atoms with Crippen molar-refractivity contribution in [3.05, 3.63) is 42.0 Å². The van der Waals surface area contributed by atoms with Gasteiger partial charge in [-0.15, -0.1) is 0 Å². The van der Waals surface area contributed by atoms with Crippen molar-refractivity contribution >= 4 is 5.78 Å². The fourth-order valence-electron chi connectivity index (χ4n) is 2.35. The molecule has 0 aliphatic carbocycles. The van der Waals surface area contributed by atoms with E-state index in [1.54, 1.807) is 16.9 Å². The smallest absolute Gasteiger partial charge is 0.447 e. The highest BCUT2D eigenvalue weighted by molar-refractivity contribution is 5.93. The zero-order valence-corrected chi connectivity index (χ0v) is 13.8. The average molecular weight is 371 g/mol. The van der Waals surface area contributed by atoms with E-state index in [9.17, 15) is 18.0 Å². The van der Waals surface area contributed by atoms with Crippen molar-refractivity contribution in [3.8, 4) is 5.75 Å². The first kappa shape index (κ1) is 18.3. The van der Waals surface area contributed by atoms with Gasteiger partial charge in [-0.2, -0.15) is 18.3 Å². The first-order valence-electron chi connectivity index (χ1n) is 7.75. The topological polar surface area (TPSA) is 75.5 Å². The largest absolute Gasteiger partial charge is 0.486 e. The third kappa shape index (κ3) is 3.86. The molecule has 0 unspecified atom stereocenters. The molecule has 2 aromatic heterocycles. The summed E-state index contributed by atoms with van der Waals surface area (Å²) in [6, 6.07) is 3.10. The lowest BCUT2D eigenvalue weighted by Gasteiger charge is -2.29. The van der Waals surface area contributed by atoms with Crippen molar-refractivity contribution in [1.29, 1.82) is 0 Å². The van der Waals surface area contributed by atoms with E-state index >= 15 is 0 Å². The predicted molar refractivity (Wildman–Crippen MR) is 81.8 cm³/mol. The molecule has 7 nitrogen and oxygen atoms in total. The Bertz CT molecular complexity index is 768. The number of rotatable bonds is 6. The fourth-order valence-corrected chi connectivity index (χ4v) is 2.35. The molecule has 3 rings (SSSR count). The molecule has 0 bridgehead atoms. The van der Waals surface area contributed by atoms with Gasteiger partial charge in [-0.3, -0.25) is 14.5 Å². The van der Waals surface area contributed by atoms with Crippen LogP contribution in [0.15, 0.2) is 30.7 Å². The van der Waals surface area contributed by atoms with Crippen LogP contribution in [0.3, 0.4) is 0 Å². The highest BCUT2D eigenvalue weighted by Crippen LogP contribution is 2.38. The van der Waals surface area contributed by atoms with Gasteiger partial charge in [0.15, 0.2) is 12.4 Å². The van der Waals surface area contributed by atoms with E-state index in [1.807, 2.05) is 0 Å². The third-order valence-electron chi connectivity index (χ3n) is 3.78. The number of pyridine rings is 1. The zero-order valence-electron chi connectivity index (χ0n) is 13.8. The molecular formula is C16H16F3N3O4. The Balaban J connectivity index is 1.61. The number of ether oxygens (including phenoxy) is 3. The summed E-state index contributed by atoms with van der Waals surface area (Å²) in [4.78, 5) is 15.4. The van der Waals surface area contributed by atoms with Crippen LogP contribution in [0.1, 0.15) is 23.0 Å². The SMILES string of the molecule is CC(=O)c1cnn(Cc2ccc(OCC3(C(F)(F)F)OCCO3)cn2)c1. The summed E-state index contributed by atoms with van der Waals surface area (Å²) in [6.45, 7) is 0.639. The minimum Gasteiger partial charge on any atom is -0.486 e. The second-order valence-corrected chi connectivity index (χ2v) is 5.70. The molecule has 0 aromatic carbocycles. The number of hydrogen-bond acceptors (Lipinski definition) is 6. The van der Waals surface area contributed by atoms with Crippen LogP contribution in [-0.4, -0.2) is 52.3 Å². The molecule has 140 valence electrons. The monoisotopic (exact) mass is 371 g/mol. The Morgan fingerprint density at radius 2 is 2.04 bits per heavy atom. The number of ketones is 1. The van der Waals surface area contributed by atoms with Gasteiger partial charge in [0.2, 0.25) is 0 Å². The Labute approximate surface area is 146 Å². The van der Waals surface area contributed by atoms with Gasteiger partial charge < -0.3 is 14.2 Å². The highest BCUT2D eigenvalue weighted by Gasteiger charge is 2.61. The lowest BCUT2D eigenvalue weighted by atomic mass is 10.3. The van der Waals surface area contributed by atoms with Crippen LogP contribution in [0.4, 0.5) is 13.2 Å². The third-order valence-corrected chi connectivity index (χ3v) is 3.78. The first-order valence-corrected chi connectivity index (χ1v) is 7.75. The maximum absolute atomic E-state index is 13.1. The molecule has 3 heterocycles. The number of hydrogen-bond donors (Lipinski definition) is 0. The van der Waals surface area contributed by atoms with Crippen LogP contribution >= 0.6 is 0 Å². The molecule has 0 amide bonds. The van der Waals surface area contributed by atoms with Crippen molar-refractivity contribution < 1.29 is 32.2 Å². The van der Waals surface area contributed by atoms with Crippen molar-refractivity contribution in [3.63, 3.8) is 0 Å². The van der Waals surface area contributed by atoms with Crippen LogP contribution in [0.2, 0.25) is 0 Å². The Morgan fingerprint density at radius 1 is 1.31 bits per heavy atom. The summed E-state index contributed by atoms with van der Waals surface area (Å²) in [5, 5.41) is 4.05. The van der Waals surface area contributed by atoms with E-state index in [0.717, 1.165) is 0 Å². The van der Waals surface area contributed by atoms with Crippen molar-refractivity contribution in [2.24, 2.45) is 0 Å². The van der Waals surface area contributed by atoms with Gasteiger partial charge in [0, 0.05) is 6.20 Å². The van der Waals surface area contributed by atoms with Gasteiger partial charge >= 0.3 is 12.0 Å². The summed E-state index contributed by atoms with van der Waals surface area (Å²) in [7, 11) is 0. The molecular weight excluding hydrogens is 355 g/mol. The number of halogens is 3. The lowest BCUT2D eigenvalue weighted by molar-refractivity contribution is -0.350. The molecule has 0 atom stereocenters. The molecule has 0 spiro atoms. The Hall–Kier alpha value is -2.46. The maximum Gasteiger partial charge on any atom is 0.447 e. The molecule has 2 aromatic rings. The maximum atomic E-state index is 13.1. The van der Waals surface area contributed by atoms with Crippen molar-refractivity contribution in [2.45, 2.75) is 25.4 Å². The standard InChI is InChI=1S/C16H16F3N3O4/c1-11(23)12-6-21-22(8-12)9-13-2-3-14(7-20-13)24-10-15(16(17,18)19)25-4-5-26-15/h2-3,6-8H,4-5,9-10H2,1H3. The number of Topliss-reactive ketones (excluding diaryl/α,β-unsaturated/α-hetero) is 1. The molecule has 1 saturated heterocycles. The van der Waals surface area contributed by atoms with E-state index in [-0.39, 0.29) is 24.7 Å². The van der Waals surface area contributed by atoms with Crippen LogP contribution < -0.4 is 4.74 Å². The van der Waals surface area contributed by atoms with Crippen LogP contribution in [-0.2, 0) is 16.0 Å². The van der Waals surface area contributed by atoms with E-state index in [1.165, 1.54) is 25.4 Å². The second kappa shape index (κ2) is 7.04. The first-order chi connectivity index (χ1) is 12.3. The normalized spacial score (nSPS) is 16.6. The number of nitrogens with zero attached hydrogens (tertiary/aromatic N) is 3. The summed E-state index contributed by atoms with van der Waals surface area (Å²) in [6.07, 6.45) is -0.344. The molecule has 10 heteroatoms. The molecule has 1 fully saturated rings. The van der Waals surface area contributed by atoms with Gasteiger partial charge in [0.1, 0.15) is 5.75 Å².